The second-order valence-corrected chi connectivity index (χ2v) is 6.84. The molecule has 7 nitrogen and oxygen atoms in total. The number of aryl methyl sites for hydroxylation is 1. The van der Waals surface area contributed by atoms with E-state index in [1.165, 1.54) is 0 Å². The molecule has 0 aliphatic carbocycles. The van der Waals surface area contributed by atoms with Crippen molar-refractivity contribution >= 4 is 11.6 Å². The molecule has 136 valence electrons. The van der Waals surface area contributed by atoms with Crippen LogP contribution in [0.25, 0.3) is 0 Å². The molecule has 2 N–H and O–H groups in total. The summed E-state index contributed by atoms with van der Waals surface area (Å²) in [6, 6.07) is 5.54. The van der Waals surface area contributed by atoms with Gasteiger partial charge in [0.2, 0.25) is 0 Å². The number of nitrogens with zero attached hydrogens (tertiary/aromatic N) is 1. The fourth-order valence-electron chi connectivity index (χ4n) is 3.81. The maximum atomic E-state index is 12.6. The molecule has 4 atom stereocenters. The number of hydrogen-bond donors (Lipinski definition) is 2. The number of nitrogens with one attached hydrogen (secondary N) is 1. The first-order valence-corrected chi connectivity index (χ1v) is 8.79. The maximum Gasteiger partial charge on any atom is 0.251 e. The Morgan fingerprint density at radius 2 is 1.96 bits per heavy atom. The van der Waals surface area contributed by atoms with Crippen molar-refractivity contribution in [1.82, 2.24) is 5.32 Å². The van der Waals surface area contributed by atoms with Gasteiger partial charge in [-0.05, 0) is 30.7 Å². The second-order valence-electron chi connectivity index (χ2n) is 6.84. The van der Waals surface area contributed by atoms with Crippen LogP contribution in [0.4, 0.5) is 5.69 Å². The maximum absolute atomic E-state index is 12.6. The van der Waals surface area contributed by atoms with Crippen LogP contribution in [0.5, 0.6) is 0 Å². The van der Waals surface area contributed by atoms with Crippen LogP contribution < -0.4 is 10.2 Å². The van der Waals surface area contributed by atoms with Crippen molar-refractivity contribution in [3.05, 3.63) is 29.3 Å². The number of hydrogen-bond acceptors (Lipinski definition) is 6. The average Bonchev–Trinajstić information content (AvgIpc) is 3.19. The standard InChI is InChI=1S/C18H24N2O5/c1-11-8-12(2-3-14(11)20-4-6-23-7-5-20)18(22)19-13-9-24-17-15(21)10-25-16(13)17/h2-3,8,13,15-17,21H,4-7,9-10H2,1H3,(H,19,22)/t13-,15+,16+,17+/m0/s1. The Morgan fingerprint density at radius 1 is 1.20 bits per heavy atom. The molecule has 1 aromatic rings. The highest BCUT2D eigenvalue weighted by molar-refractivity contribution is 5.95. The molecular weight excluding hydrogens is 324 g/mol. The summed E-state index contributed by atoms with van der Waals surface area (Å²) in [5.41, 5.74) is 2.84. The summed E-state index contributed by atoms with van der Waals surface area (Å²) in [5.74, 6) is -0.143. The van der Waals surface area contributed by atoms with Gasteiger partial charge in [-0.3, -0.25) is 4.79 Å². The van der Waals surface area contributed by atoms with Gasteiger partial charge in [0.15, 0.2) is 0 Å². The molecule has 0 bridgehead atoms. The molecule has 25 heavy (non-hydrogen) atoms. The summed E-state index contributed by atoms with van der Waals surface area (Å²) in [6.45, 7) is 5.85. The summed E-state index contributed by atoms with van der Waals surface area (Å²) in [6.07, 6.45) is -1.22. The third-order valence-electron chi connectivity index (χ3n) is 5.15. The minimum Gasteiger partial charge on any atom is -0.388 e. The van der Waals surface area contributed by atoms with E-state index >= 15 is 0 Å². The number of amides is 1. The number of rotatable bonds is 3. The number of carbonyl (C=O) groups excluding carboxylic acids is 1. The molecule has 0 radical (unpaired) electrons. The van der Waals surface area contributed by atoms with Crippen molar-refractivity contribution in [2.45, 2.75) is 31.3 Å². The van der Waals surface area contributed by atoms with Gasteiger partial charge in [-0.25, -0.2) is 0 Å². The van der Waals surface area contributed by atoms with E-state index in [4.69, 9.17) is 14.2 Å². The third-order valence-corrected chi connectivity index (χ3v) is 5.15. The zero-order chi connectivity index (χ0) is 17.4. The molecule has 3 fully saturated rings. The number of ether oxygens (including phenoxy) is 3. The summed E-state index contributed by atoms with van der Waals surface area (Å²) in [4.78, 5) is 14.9. The van der Waals surface area contributed by atoms with Crippen LogP contribution in [0.15, 0.2) is 18.2 Å². The monoisotopic (exact) mass is 348 g/mol. The first-order chi connectivity index (χ1) is 12.1. The highest BCUT2D eigenvalue weighted by atomic mass is 16.6. The smallest absolute Gasteiger partial charge is 0.251 e. The van der Waals surface area contributed by atoms with Gasteiger partial charge in [-0.2, -0.15) is 0 Å². The lowest BCUT2D eigenvalue weighted by Crippen LogP contribution is -2.44. The van der Waals surface area contributed by atoms with Crippen LogP contribution in [0.1, 0.15) is 15.9 Å². The number of anilines is 1. The van der Waals surface area contributed by atoms with Crippen molar-refractivity contribution in [2.75, 3.05) is 44.4 Å². The van der Waals surface area contributed by atoms with Crippen LogP contribution in [-0.4, -0.2) is 74.9 Å². The van der Waals surface area contributed by atoms with E-state index in [1.807, 2.05) is 25.1 Å². The first kappa shape index (κ1) is 16.8. The van der Waals surface area contributed by atoms with Crippen molar-refractivity contribution in [3.8, 4) is 0 Å². The fraction of sp³-hybridized carbons (Fsp3) is 0.611. The number of aliphatic hydroxyl groups excluding tert-OH is 1. The largest absolute Gasteiger partial charge is 0.388 e. The minimum atomic E-state index is -0.609. The summed E-state index contributed by atoms with van der Waals surface area (Å²) < 4.78 is 16.5. The van der Waals surface area contributed by atoms with Crippen LogP contribution in [0, 0.1) is 6.92 Å². The Hall–Kier alpha value is -1.67. The van der Waals surface area contributed by atoms with Gasteiger partial charge in [0.1, 0.15) is 18.3 Å². The van der Waals surface area contributed by atoms with Crippen LogP contribution in [0.3, 0.4) is 0 Å². The molecule has 1 amide bonds. The molecule has 7 heteroatoms. The van der Waals surface area contributed by atoms with Crippen LogP contribution in [-0.2, 0) is 14.2 Å². The molecule has 0 saturated carbocycles. The van der Waals surface area contributed by atoms with E-state index in [9.17, 15) is 9.90 Å². The molecule has 0 aromatic heterocycles. The van der Waals surface area contributed by atoms with E-state index in [2.05, 4.69) is 10.2 Å². The first-order valence-electron chi connectivity index (χ1n) is 8.79. The van der Waals surface area contributed by atoms with Crippen molar-refractivity contribution in [1.29, 1.82) is 0 Å². The zero-order valence-electron chi connectivity index (χ0n) is 14.3. The van der Waals surface area contributed by atoms with Gasteiger partial charge in [0.25, 0.3) is 5.91 Å². The minimum absolute atomic E-state index is 0.143. The summed E-state index contributed by atoms with van der Waals surface area (Å²) in [5, 5.41) is 12.8. The molecule has 3 heterocycles. The number of aliphatic hydroxyl groups is 1. The lowest BCUT2D eigenvalue weighted by molar-refractivity contribution is 0.0178. The zero-order valence-corrected chi connectivity index (χ0v) is 14.3. The van der Waals surface area contributed by atoms with Crippen molar-refractivity contribution in [2.24, 2.45) is 0 Å². The molecule has 1 aromatic carbocycles. The van der Waals surface area contributed by atoms with Gasteiger partial charge in [-0.1, -0.05) is 0 Å². The summed E-state index contributed by atoms with van der Waals surface area (Å²) >= 11 is 0. The SMILES string of the molecule is Cc1cc(C(=O)N[C@H]2CO[C@H]3[C@@H]2OC[C@H]3O)ccc1N1CCOCC1. The Morgan fingerprint density at radius 3 is 2.72 bits per heavy atom. The topological polar surface area (TPSA) is 80.3 Å². The Labute approximate surface area is 146 Å². The number of morpholine rings is 1. The molecule has 0 spiro atoms. The Balaban J connectivity index is 1.43. The van der Waals surface area contributed by atoms with E-state index in [1.54, 1.807) is 0 Å². The molecule has 0 unspecified atom stereocenters. The van der Waals surface area contributed by atoms with Crippen molar-refractivity contribution < 1.29 is 24.1 Å². The third kappa shape index (κ3) is 3.25. The van der Waals surface area contributed by atoms with E-state index in [0.29, 0.717) is 12.2 Å². The lowest BCUT2D eigenvalue weighted by Gasteiger charge is -2.30. The van der Waals surface area contributed by atoms with Gasteiger partial charge < -0.3 is 29.5 Å². The predicted octanol–water partition coefficient (Wildman–Crippen LogP) is 0.0885. The number of carbonyl (C=O) groups is 1. The van der Waals surface area contributed by atoms with Crippen molar-refractivity contribution in [3.63, 3.8) is 0 Å². The molecule has 3 saturated heterocycles. The average molecular weight is 348 g/mol. The van der Waals surface area contributed by atoms with Gasteiger partial charge in [0, 0.05) is 24.3 Å². The molecule has 3 aliphatic heterocycles. The van der Waals surface area contributed by atoms with E-state index in [-0.39, 0.29) is 30.8 Å². The predicted molar refractivity (Wildman–Crippen MR) is 91.0 cm³/mol. The van der Waals surface area contributed by atoms with Gasteiger partial charge >= 0.3 is 0 Å². The Bertz CT molecular complexity index is 646. The molecule has 4 rings (SSSR count). The normalized spacial score (nSPS) is 31.8. The second kappa shape index (κ2) is 6.92. The Kier molecular flexibility index (Phi) is 4.64. The van der Waals surface area contributed by atoms with E-state index in [0.717, 1.165) is 37.6 Å². The highest BCUT2D eigenvalue weighted by Gasteiger charge is 2.47. The molecular formula is C18H24N2O5. The van der Waals surface area contributed by atoms with Crippen LogP contribution >= 0.6 is 0 Å². The molecule has 3 aliphatic rings. The van der Waals surface area contributed by atoms with Crippen LogP contribution in [0.2, 0.25) is 0 Å². The van der Waals surface area contributed by atoms with Gasteiger partial charge in [0.05, 0.1) is 32.5 Å². The number of fused-ring (bicyclic) bond motifs is 1. The summed E-state index contributed by atoms with van der Waals surface area (Å²) in [7, 11) is 0. The quantitative estimate of drug-likeness (QED) is 0.806. The number of benzene rings is 1. The lowest BCUT2D eigenvalue weighted by atomic mass is 10.1. The van der Waals surface area contributed by atoms with E-state index < -0.39 is 6.10 Å². The van der Waals surface area contributed by atoms with Gasteiger partial charge in [-0.15, -0.1) is 0 Å². The highest BCUT2D eigenvalue weighted by Crippen LogP contribution is 2.27. The fourth-order valence-corrected chi connectivity index (χ4v) is 3.81.